The SMILES string of the molecule is COc1ccc(CCN2CC(C(=O)[O-])CC2=O)cc1. The Morgan fingerprint density at radius 2 is 2.11 bits per heavy atom. The summed E-state index contributed by atoms with van der Waals surface area (Å²) in [5, 5.41) is 10.7. The molecule has 1 fully saturated rings. The number of benzene rings is 1. The van der Waals surface area contributed by atoms with Crippen LogP contribution < -0.4 is 9.84 Å². The van der Waals surface area contributed by atoms with Crippen LogP contribution in [0.15, 0.2) is 24.3 Å². The number of amides is 1. The smallest absolute Gasteiger partial charge is 0.223 e. The number of carboxylic acid groups (broad SMARTS) is 1. The summed E-state index contributed by atoms with van der Waals surface area (Å²) in [4.78, 5) is 23.9. The van der Waals surface area contributed by atoms with Crippen molar-refractivity contribution in [3.8, 4) is 5.75 Å². The van der Waals surface area contributed by atoms with E-state index >= 15 is 0 Å². The Kier molecular flexibility index (Phi) is 4.04. The monoisotopic (exact) mass is 262 g/mol. The first kappa shape index (κ1) is 13.4. The van der Waals surface area contributed by atoms with E-state index in [2.05, 4.69) is 0 Å². The lowest BCUT2D eigenvalue weighted by molar-refractivity contribution is -0.311. The van der Waals surface area contributed by atoms with Gasteiger partial charge in [-0.2, -0.15) is 0 Å². The maximum Gasteiger partial charge on any atom is 0.223 e. The van der Waals surface area contributed by atoms with Crippen LogP contribution in [0.5, 0.6) is 5.75 Å². The molecule has 1 aromatic rings. The summed E-state index contributed by atoms with van der Waals surface area (Å²) in [5.74, 6) is -1.12. The van der Waals surface area contributed by atoms with E-state index in [0.717, 1.165) is 11.3 Å². The number of carbonyl (C=O) groups excluding carboxylic acids is 2. The van der Waals surface area contributed by atoms with Crippen molar-refractivity contribution in [2.75, 3.05) is 20.2 Å². The molecule has 5 nitrogen and oxygen atoms in total. The molecule has 1 aliphatic rings. The predicted molar refractivity (Wildman–Crippen MR) is 66.4 cm³/mol. The molecule has 1 amide bonds. The molecular formula is C14H16NO4-. The first-order valence-corrected chi connectivity index (χ1v) is 6.21. The van der Waals surface area contributed by atoms with Gasteiger partial charge in [0.25, 0.3) is 0 Å². The Bertz CT molecular complexity index is 469. The molecule has 0 N–H and O–H groups in total. The number of carboxylic acids is 1. The minimum atomic E-state index is -1.14. The maximum absolute atomic E-state index is 11.6. The molecule has 102 valence electrons. The standard InChI is InChI=1S/C14H17NO4/c1-19-12-4-2-10(3-5-12)6-7-15-9-11(14(17)18)8-13(15)16/h2-5,11H,6-9H2,1H3,(H,17,18)/p-1. The molecule has 0 bridgehead atoms. The third-order valence-corrected chi connectivity index (χ3v) is 3.38. The molecule has 1 aliphatic heterocycles. The summed E-state index contributed by atoms with van der Waals surface area (Å²) in [6.07, 6.45) is 0.764. The van der Waals surface area contributed by atoms with Gasteiger partial charge in [-0.3, -0.25) is 4.79 Å². The molecule has 0 aromatic heterocycles. The summed E-state index contributed by atoms with van der Waals surface area (Å²) in [5.41, 5.74) is 1.09. The molecule has 1 atom stereocenters. The molecule has 0 aliphatic carbocycles. The van der Waals surface area contributed by atoms with Gasteiger partial charge in [-0.25, -0.2) is 0 Å². The van der Waals surface area contributed by atoms with E-state index in [4.69, 9.17) is 4.74 Å². The highest BCUT2D eigenvalue weighted by molar-refractivity contribution is 5.85. The lowest BCUT2D eigenvalue weighted by Crippen LogP contribution is -2.34. The van der Waals surface area contributed by atoms with E-state index in [0.29, 0.717) is 13.0 Å². The second-order valence-electron chi connectivity index (χ2n) is 4.66. The molecule has 19 heavy (non-hydrogen) atoms. The normalized spacial score (nSPS) is 18.7. The van der Waals surface area contributed by atoms with E-state index in [-0.39, 0.29) is 18.9 Å². The molecule has 1 heterocycles. The van der Waals surface area contributed by atoms with Crippen LogP contribution in [0.25, 0.3) is 0 Å². The molecule has 1 unspecified atom stereocenters. The number of methoxy groups -OCH3 is 1. The lowest BCUT2D eigenvalue weighted by atomic mass is 10.1. The summed E-state index contributed by atoms with van der Waals surface area (Å²) in [6.45, 7) is 0.798. The van der Waals surface area contributed by atoms with Crippen LogP contribution in [0.1, 0.15) is 12.0 Å². The van der Waals surface area contributed by atoms with Crippen LogP contribution in [0.2, 0.25) is 0 Å². The Hall–Kier alpha value is -2.04. The zero-order chi connectivity index (χ0) is 13.8. The lowest BCUT2D eigenvalue weighted by Gasteiger charge is -2.17. The Morgan fingerprint density at radius 3 is 2.63 bits per heavy atom. The van der Waals surface area contributed by atoms with Crippen molar-refractivity contribution in [2.45, 2.75) is 12.8 Å². The van der Waals surface area contributed by atoms with E-state index in [1.54, 1.807) is 12.0 Å². The van der Waals surface area contributed by atoms with E-state index in [9.17, 15) is 14.7 Å². The van der Waals surface area contributed by atoms with Crippen molar-refractivity contribution >= 4 is 11.9 Å². The van der Waals surface area contributed by atoms with Gasteiger partial charge in [-0.15, -0.1) is 0 Å². The van der Waals surface area contributed by atoms with Crippen molar-refractivity contribution in [3.05, 3.63) is 29.8 Å². The van der Waals surface area contributed by atoms with Crippen molar-refractivity contribution in [1.82, 2.24) is 4.90 Å². The highest BCUT2D eigenvalue weighted by atomic mass is 16.5. The quantitative estimate of drug-likeness (QED) is 0.739. The highest BCUT2D eigenvalue weighted by Gasteiger charge is 2.29. The van der Waals surface area contributed by atoms with Crippen molar-refractivity contribution in [3.63, 3.8) is 0 Å². The fourth-order valence-corrected chi connectivity index (χ4v) is 2.20. The van der Waals surface area contributed by atoms with Crippen LogP contribution in [0, 0.1) is 5.92 Å². The Morgan fingerprint density at radius 1 is 1.42 bits per heavy atom. The van der Waals surface area contributed by atoms with Crippen molar-refractivity contribution < 1.29 is 19.4 Å². The molecule has 0 spiro atoms. The molecular weight excluding hydrogens is 246 g/mol. The number of ether oxygens (including phenoxy) is 1. The minimum absolute atomic E-state index is 0.0605. The highest BCUT2D eigenvalue weighted by Crippen LogP contribution is 2.18. The van der Waals surface area contributed by atoms with Crippen LogP contribution in [-0.4, -0.2) is 37.0 Å². The van der Waals surface area contributed by atoms with E-state index < -0.39 is 11.9 Å². The summed E-state index contributed by atoms with van der Waals surface area (Å²) >= 11 is 0. The molecule has 1 aromatic carbocycles. The fraction of sp³-hybridized carbons (Fsp3) is 0.429. The maximum atomic E-state index is 11.6. The van der Waals surface area contributed by atoms with E-state index in [1.807, 2.05) is 24.3 Å². The molecule has 1 saturated heterocycles. The van der Waals surface area contributed by atoms with Crippen LogP contribution >= 0.6 is 0 Å². The van der Waals surface area contributed by atoms with E-state index in [1.165, 1.54) is 0 Å². The van der Waals surface area contributed by atoms with Gasteiger partial charge in [0.15, 0.2) is 0 Å². The zero-order valence-corrected chi connectivity index (χ0v) is 10.8. The van der Waals surface area contributed by atoms with Gasteiger partial charge in [0.05, 0.1) is 7.11 Å². The summed E-state index contributed by atoms with van der Waals surface area (Å²) in [6, 6.07) is 7.61. The van der Waals surface area contributed by atoms with Crippen LogP contribution in [0.4, 0.5) is 0 Å². The van der Waals surface area contributed by atoms with Gasteiger partial charge in [-0.1, -0.05) is 12.1 Å². The predicted octanol–water partition coefficient (Wildman–Crippen LogP) is -0.164. The van der Waals surface area contributed by atoms with Gasteiger partial charge in [0.1, 0.15) is 5.75 Å². The fourth-order valence-electron chi connectivity index (χ4n) is 2.20. The number of hydrogen-bond acceptors (Lipinski definition) is 4. The third kappa shape index (κ3) is 3.24. The van der Waals surface area contributed by atoms with Crippen molar-refractivity contribution in [2.24, 2.45) is 5.92 Å². The molecule has 5 heteroatoms. The second-order valence-corrected chi connectivity index (χ2v) is 4.66. The van der Waals surface area contributed by atoms with Crippen LogP contribution in [-0.2, 0) is 16.0 Å². The van der Waals surface area contributed by atoms with Crippen LogP contribution in [0.3, 0.4) is 0 Å². The van der Waals surface area contributed by atoms with Crippen molar-refractivity contribution in [1.29, 1.82) is 0 Å². The minimum Gasteiger partial charge on any atom is -0.550 e. The first-order valence-electron chi connectivity index (χ1n) is 6.21. The number of nitrogens with zero attached hydrogens (tertiary/aromatic N) is 1. The molecule has 0 saturated carbocycles. The molecule has 0 radical (unpaired) electrons. The van der Waals surface area contributed by atoms with Gasteiger partial charge in [-0.05, 0) is 24.1 Å². The van der Waals surface area contributed by atoms with Gasteiger partial charge >= 0.3 is 0 Å². The zero-order valence-electron chi connectivity index (χ0n) is 10.8. The second kappa shape index (κ2) is 5.73. The Balaban J connectivity index is 1.88. The summed E-state index contributed by atoms with van der Waals surface area (Å²) < 4.78 is 5.07. The first-order chi connectivity index (χ1) is 9.10. The summed E-state index contributed by atoms with van der Waals surface area (Å²) in [7, 11) is 1.61. The number of rotatable bonds is 5. The Labute approximate surface area is 111 Å². The number of likely N-dealkylation sites (tertiary alicyclic amines) is 1. The van der Waals surface area contributed by atoms with Gasteiger partial charge in [0, 0.05) is 31.4 Å². The van der Waals surface area contributed by atoms with Gasteiger partial charge < -0.3 is 19.5 Å². The third-order valence-electron chi connectivity index (χ3n) is 3.38. The average Bonchev–Trinajstić information content (AvgIpc) is 2.79. The average molecular weight is 262 g/mol. The van der Waals surface area contributed by atoms with Gasteiger partial charge in [0.2, 0.25) is 5.91 Å². The molecule has 2 rings (SSSR count). The topological polar surface area (TPSA) is 69.7 Å². The number of aliphatic carboxylic acids is 1. The number of hydrogen-bond donors (Lipinski definition) is 0. The largest absolute Gasteiger partial charge is 0.550 e. The number of carbonyl (C=O) groups is 2.